The molecule has 1 aliphatic rings. The molecular formula is C16H26N2O3. The monoisotopic (exact) mass is 294 g/mol. The number of ether oxygens (including phenoxy) is 3. The van der Waals surface area contributed by atoms with Gasteiger partial charge in [-0.1, -0.05) is 6.92 Å². The zero-order chi connectivity index (χ0) is 15.2. The van der Waals surface area contributed by atoms with Crippen molar-refractivity contribution < 1.29 is 14.2 Å². The molecule has 5 heteroatoms. The summed E-state index contributed by atoms with van der Waals surface area (Å²) in [6, 6.07) is 4.55. The minimum Gasteiger partial charge on any atom is -0.493 e. The van der Waals surface area contributed by atoms with Gasteiger partial charge in [-0.05, 0) is 43.1 Å². The predicted molar refractivity (Wildman–Crippen MR) is 83.4 cm³/mol. The number of rotatable bonds is 6. The van der Waals surface area contributed by atoms with Crippen molar-refractivity contribution in [3.8, 4) is 17.2 Å². The minimum absolute atomic E-state index is 0.547. The molecule has 0 bridgehead atoms. The minimum atomic E-state index is 0.547. The summed E-state index contributed by atoms with van der Waals surface area (Å²) in [6.45, 7) is 5.23. The van der Waals surface area contributed by atoms with Gasteiger partial charge in [0.15, 0.2) is 11.5 Å². The SMILES string of the molecule is COc1cc(CNC2CCNCC2C)cc(OC)c1OC. The highest BCUT2D eigenvalue weighted by atomic mass is 16.5. The van der Waals surface area contributed by atoms with Crippen molar-refractivity contribution in [2.45, 2.75) is 25.9 Å². The average molecular weight is 294 g/mol. The Morgan fingerprint density at radius 3 is 2.33 bits per heavy atom. The van der Waals surface area contributed by atoms with Crippen LogP contribution in [-0.4, -0.2) is 40.5 Å². The van der Waals surface area contributed by atoms with Crippen molar-refractivity contribution in [1.82, 2.24) is 10.6 Å². The van der Waals surface area contributed by atoms with E-state index in [0.29, 0.717) is 29.2 Å². The Kier molecular flexibility index (Phi) is 5.70. The Hall–Kier alpha value is -1.46. The normalized spacial score (nSPS) is 21.9. The van der Waals surface area contributed by atoms with E-state index in [2.05, 4.69) is 17.6 Å². The van der Waals surface area contributed by atoms with Crippen LogP contribution in [0.4, 0.5) is 0 Å². The highest BCUT2D eigenvalue weighted by Gasteiger charge is 2.20. The van der Waals surface area contributed by atoms with Crippen molar-refractivity contribution in [3.63, 3.8) is 0 Å². The van der Waals surface area contributed by atoms with E-state index < -0.39 is 0 Å². The molecule has 1 heterocycles. The highest BCUT2D eigenvalue weighted by molar-refractivity contribution is 5.53. The maximum Gasteiger partial charge on any atom is 0.203 e. The van der Waals surface area contributed by atoms with E-state index in [9.17, 15) is 0 Å². The number of piperidine rings is 1. The molecule has 2 unspecified atom stereocenters. The molecule has 1 aliphatic heterocycles. The van der Waals surface area contributed by atoms with Crippen LogP contribution >= 0.6 is 0 Å². The Bertz CT molecular complexity index is 440. The second-order valence-corrected chi connectivity index (χ2v) is 5.49. The van der Waals surface area contributed by atoms with Crippen LogP contribution in [-0.2, 0) is 6.54 Å². The zero-order valence-electron chi connectivity index (χ0n) is 13.4. The molecule has 1 aromatic rings. The van der Waals surface area contributed by atoms with E-state index in [1.165, 1.54) is 0 Å². The molecule has 1 saturated heterocycles. The molecular weight excluding hydrogens is 268 g/mol. The number of hydrogen-bond acceptors (Lipinski definition) is 5. The van der Waals surface area contributed by atoms with Gasteiger partial charge in [0.2, 0.25) is 5.75 Å². The van der Waals surface area contributed by atoms with Crippen molar-refractivity contribution in [1.29, 1.82) is 0 Å². The molecule has 0 amide bonds. The first-order valence-corrected chi connectivity index (χ1v) is 7.42. The molecule has 118 valence electrons. The zero-order valence-corrected chi connectivity index (χ0v) is 13.4. The summed E-state index contributed by atoms with van der Waals surface area (Å²) in [5.41, 5.74) is 1.13. The maximum absolute atomic E-state index is 5.39. The van der Waals surface area contributed by atoms with Gasteiger partial charge in [0, 0.05) is 12.6 Å². The van der Waals surface area contributed by atoms with E-state index in [0.717, 1.165) is 31.6 Å². The van der Waals surface area contributed by atoms with Crippen LogP contribution in [0.5, 0.6) is 17.2 Å². The fraction of sp³-hybridized carbons (Fsp3) is 0.625. The van der Waals surface area contributed by atoms with Crippen LogP contribution in [0.1, 0.15) is 18.9 Å². The smallest absolute Gasteiger partial charge is 0.203 e. The van der Waals surface area contributed by atoms with Crippen molar-refractivity contribution in [2.75, 3.05) is 34.4 Å². The van der Waals surface area contributed by atoms with Crippen molar-refractivity contribution in [2.24, 2.45) is 5.92 Å². The first kappa shape index (κ1) is 15.9. The number of methoxy groups -OCH3 is 3. The van der Waals surface area contributed by atoms with Gasteiger partial charge >= 0.3 is 0 Å². The van der Waals surface area contributed by atoms with E-state index in [1.54, 1.807) is 21.3 Å². The summed E-state index contributed by atoms with van der Waals surface area (Å²) in [4.78, 5) is 0. The quantitative estimate of drug-likeness (QED) is 0.838. The number of nitrogens with one attached hydrogen (secondary N) is 2. The van der Waals surface area contributed by atoms with Gasteiger partial charge in [-0.3, -0.25) is 0 Å². The molecule has 21 heavy (non-hydrogen) atoms. The maximum atomic E-state index is 5.39. The van der Waals surface area contributed by atoms with Crippen molar-refractivity contribution in [3.05, 3.63) is 17.7 Å². The fourth-order valence-electron chi connectivity index (χ4n) is 2.80. The first-order chi connectivity index (χ1) is 10.2. The first-order valence-electron chi connectivity index (χ1n) is 7.42. The summed E-state index contributed by atoms with van der Waals surface area (Å²) >= 11 is 0. The van der Waals surface area contributed by atoms with Crippen LogP contribution in [0, 0.1) is 5.92 Å². The lowest BCUT2D eigenvalue weighted by Crippen LogP contribution is -2.46. The lowest BCUT2D eigenvalue weighted by Gasteiger charge is -2.30. The van der Waals surface area contributed by atoms with Gasteiger partial charge in [-0.25, -0.2) is 0 Å². The van der Waals surface area contributed by atoms with Gasteiger partial charge < -0.3 is 24.8 Å². The van der Waals surface area contributed by atoms with Gasteiger partial charge in [0.1, 0.15) is 0 Å². The molecule has 2 N–H and O–H groups in total. The number of benzene rings is 1. The highest BCUT2D eigenvalue weighted by Crippen LogP contribution is 2.38. The Morgan fingerprint density at radius 2 is 1.81 bits per heavy atom. The van der Waals surface area contributed by atoms with Gasteiger partial charge in [0.05, 0.1) is 21.3 Å². The van der Waals surface area contributed by atoms with Gasteiger partial charge in [0.25, 0.3) is 0 Å². The lowest BCUT2D eigenvalue weighted by molar-refractivity contribution is 0.294. The topological polar surface area (TPSA) is 51.8 Å². The molecule has 1 aromatic carbocycles. The van der Waals surface area contributed by atoms with Gasteiger partial charge in [-0.15, -0.1) is 0 Å². The molecule has 5 nitrogen and oxygen atoms in total. The van der Waals surface area contributed by atoms with Crippen LogP contribution in [0.2, 0.25) is 0 Å². The predicted octanol–water partition coefficient (Wildman–Crippen LogP) is 1.80. The van der Waals surface area contributed by atoms with E-state index >= 15 is 0 Å². The standard InChI is InChI=1S/C16H26N2O3/c1-11-9-17-6-5-13(11)18-10-12-7-14(19-2)16(21-4)15(8-12)20-3/h7-8,11,13,17-18H,5-6,9-10H2,1-4H3. The van der Waals surface area contributed by atoms with Crippen LogP contribution < -0.4 is 24.8 Å². The summed E-state index contributed by atoms with van der Waals surface area (Å²) in [7, 11) is 4.90. The second-order valence-electron chi connectivity index (χ2n) is 5.49. The van der Waals surface area contributed by atoms with Crippen LogP contribution in [0.3, 0.4) is 0 Å². The molecule has 0 saturated carbocycles. The van der Waals surface area contributed by atoms with Gasteiger partial charge in [-0.2, -0.15) is 0 Å². The molecule has 0 radical (unpaired) electrons. The van der Waals surface area contributed by atoms with E-state index in [-0.39, 0.29) is 0 Å². The lowest BCUT2D eigenvalue weighted by atomic mass is 9.95. The number of hydrogen-bond donors (Lipinski definition) is 2. The summed E-state index contributed by atoms with van der Waals surface area (Å²) in [5, 5.41) is 7.05. The van der Waals surface area contributed by atoms with E-state index in [4.69, 9.17) is 14.2 Å². The second kappa shape index (κ2) is 7.52. The molecule has 2 rings (SSSR count). The molecule has 0 spiro atoms. The third-order valence-electron chi connectivity index (χ3n) is 4.08. The third-order valence-corrected chi connectivity index (χ3v) is 4.08. The molecule has 1 fully saturated rings. The average Bonchev–Trinajstić information content (AvgIpc) is 2.52. The molecule has 0 aromatic heterocycles. The Morgan fingerprint density at radius 1 is 1.14 bits per heavy atom. The molecule has 0 aliphatic carbocycles. The summed E-state index contributed by atoms with van der Waals surface area (Å²) in [5.74, 6) is 2.68. The fourth-order valence-corrected chi connectivity index (χ4v) is 2.80. The van der Waals surface area contributed by atoms with Crippen molar-refractivity contribution >= 4 is 0 Å². The largest absolute Gasteiger partial charge is 0.493 e. The summed E-state index contributed by atoms with van der Waals surface area (Å²) < 4.78 is 16.1. The van der Waals surface area contributed by atoms with Crippen LogP contribution in [0.15, 0.2) is 12.1 Å². The Balaban J connectivity index is 2.09. The van der Waals surface area contributed by atoms with Crippen LogP contribution in [0.25, 0.3) is 0 Å². The Labute approximate surface area is 127 Å². The molecule has 2 atom stereocenters. The summed E-state index contributed by atoms with van der Waals surface area (Å²) in [6.07, 6.45) is 1.16. The third kappa shape index (κ3) is 3.80. The van der Waals surface area contributed by atoms with E-state index in [1.807, 2.05) is 12.1 Å².